The maximum absolute atomic E-state index is 13.5. The van der Waals surface area contributed by atoms with E-state index in [-0.39, 0.29) is 5.82 Å². The number of hydrogen-bond donors (Lipinski definition) is 2. The first-order valence-electron chi connectivity index (χ1n) is 7.24. The molecule has 0 saturated heterocycles. The first kappa shape index (κ1) is 14.1. The fourth-order valence-corrected chi connectivity index (χ4v) is 2.69. The topological polar surface area (TPSA) is 27.8 Å². The summed E-state index contributed by atoms with van der Waals surface area (Å²) < 4.78 is 13.5. The Hall–Kier alpha value is -1.35. The van der Waals surface area contributed by atoms with Gasteiger partial charge in [0.1, 0.15) is 5.82 Å². The molecule has 1 atom stereocenters. The Bertz CT molecular complexity index is 545. The summed E-state index contributed by atoms with van der Waals surface area (Å²) in [4.78, 5) is 3.43. The first-order valence-corrected chi connectivity index (χ1v) is 7.24. The molecule has 0 spiro atoms. The van der Waals surface area contributed by atoms with E-state index in [0.29, 0.717) is 6.04 Å². The zero-order chi connectivity index (χ0) is 13.8. The minimum absolute atomic E-state index is 0.166. The number of halogens is 1. The molecule has 0 radical (unpaired) electrons. The molecule has 2 nitrogen and oxygen atoms in total. The monoisotopic (exact) mass is 262 g/mol. The Morgan fingerprint density at radius 3 is 2.68 bits per heavy atom. The van der Waals surface area contributed by atoms with Gasteiger partial charge in [0, 0.05) is 22.6 Å². The summed E-state index contributed by atoms with van der Waals surface area (Å²) in [6, 6.07) is 5.30. The number of H-pyrrole nitrogens is 1. The molecule has 1 unspecified atom stereocenters. The lowest BCUT2D eigenvalue weighted by atomic mass is 9.99. The Morgan fingerprint density at radius 1 is 1.26 bits per heavy atom. The molecule has 1 heterocycles. The third kappa shape index (κ3) is 2.81. The molecular weight excluding hydrogens is 239 g/mol. The highest BCUT2D eigenvalue weighted by molar-refractivity contribution is 5.85. The minimum Gasteiger partial charge on any atom is -0.358 e. The molecule has 0 amide bonds. The normalized spacial score (nSPS) is 13.1. The average molecular weight is 262 g/mol. The Labute approximate surface area is 114 Å². The van der Waals surface area contributed by atoms with Crippen LogP contribution in [0.2, 0.25) is 0 Å². The molecule has 0 aliphatic rings. The third-order valence-corrected chi connectivity index (χ3v) is 3.63. The summed E-state index contributed by atoms with van der Waals surface area (Å²) in [5, 5.41) is 4.59. The summed E-state index contributed by atoms with van der Waals surface area (Å²) >= 11 is 0. The van der Waals surface area contributed by atoms with E-state index in [1.54, 1.807) is 6.07 Å². The summed E-state index contributed by atoms with van der Waals surface area (Å²) in [7, 11) is 0. The van der Waals surface area contributed by atoms with E-state index in [2.05, 4.69) is 31.1 Å². The molecular formula is C16H23FN2. The lowest BCUT2D eigenvalue weighted by Gasteiger charge is -2.18. The maximum Gasteiger partial charge on any atom is 0.123 e. The molecule has 0 aliphatic heterocycles. The van der Waals surface area contributed by atoms with Crippen molar-refractivity contribution in [1.82, 2.24) is 10.3 Å². The molecule has 1 aromatic carbocycles. The van der Waals surface area contributed by atoms with E-state index < -0.39 is 0 Å². The number of aromatic amines is 1. The fraction of sp³-hybridized carbons (Fsp3) is 0.500. The van der Waals surface area contributed by atoms with Crippen LogP contribution in [0.3, 0.4) is 0 Å². The standard InChI is InChI=1S/C16H23FN2/c1-4-9-18-13(5-2)16-12-10-11(17)7-8-15(12)19-14(16)6-3/h7-8,10,13,18-19H,4-6,9H2,1-3H3. The van der Waals surface area contributed by atoms with Crippen molar-refractivity contribution in [2.45, 2.75) is 46.1 Å². The van der Waals surface area contributed by atoms with Crippen LogP contribution in [0, 0.1) is 5.82 Å². The van der Waals surface area contributed by atoms with Crippen LogP contribution in [0.4, 0.5) is 4.39 Å². The van der Waals surface area contributed by atoms with E-state index in [0.717, 1.165) is 36.7 Å². The highest BCUT2D eigenvalue weighted by Gasteiger charge is 2.18. The van der Waals surface area contributed by atoms with Crippen molar-refractivity contribution in [2.24, 2.45) is 0 Å². The highest BCUT2D eigenvalue weighted by atomic mass is 19.1. The van der Waals surface area contributed by atoms with Gasteiger partial charge in [-0.2, -0.15) is 0 Å². The molecule has 2 rings (SSSR count). The van der Waals surface area contributed by atoms with Crippen LogP contribution in [0.1, 0.15) is 50.9 Å². The van der Waals surface area contributed by atoms with Crippen molar-refractivity contribution in [3.05, 3.63) is 35.3 Å². The lowest BCUT2D eigenvalue weighted by Crippen LogP contribution is -2.22. The molecule has 0 fully saturated rings. The lowest BCUT2D eigenvalue weighted by molar-refractivity contribution is 0.517. The summed E-state index contributed by atoms with van der Waals surface area (Å²) in [5.74, 6) is -0.166. The second kappa shape index (κ2) is 6.20. The molecule has 3 heteroatoms. The van der Waals surface area contributed by atoms with Gasteiger partial charge in [0.25, 0.3) is 0 Å². The number of fused-ring (bicyclic) bond motifs is 1. The van der Waals surface area contributed by atoms with E-state index in [9.17, 15) is 4.39 Å². The zero-order valence-corrected chi connectivity index (χ0v) is 12.0. The molecule has 104 valence electrons. The quantitative estimate of drug-likeness (QED) is 0.797. The van der Waals surface area contributed by atoms with Gasteiger partial charge >= 0.3 is 0 Å². The van der Waals surface area contributed by atoms with Gasteiger partial charge < -0.3 is 10.3 Å². The molecule has 2 N–H and O–H groups in total. The molecule has 19 heavy (non-hydrogen) atoms. The van der Waals surface area contributed by atoms with Gasteiger partial charge in [0.15, 0.2) is 0 Å². The van der Waals surface area contributed by atoms with Crippen molar-refractivity contribution < 1.29 is 4.39 Å². The second-order valence-corrected chi connectivity index (χ2v) is 4.98. The van der Waals surface area contributed by atoms with E-state index in [1.165, 1.54) is 17.3 Å². The van der Waals surface area contributed by atoms with Gasteiger partial charge in [0.05, 0.1) is 0 Å². The zero-order valence-electron chi connectivity index (χ0n) is 12.0. The van der Waals surface area contributed by atoms with Gasteiger partial charge in [-0.15, -0.1) is 0 Å². The van der Waals surface area contributed by atoms with Gasteiger partial charge in [-0.3, -0.25) is 0 Å². The van der Waals surface area contributed by atoms with Gasteiger partial charge in [0.2, 0.25) is 0 Å². The van der Waals surface area contributed by atoms with E-state index in [1.807, 2.05) is 6.07 Å². The van der Waals surface area contributed by atoms with E-state index in [4.69, 9.17) is 0 Å². The number of aryl methyl sites for hydroxylation is 1. The Balaban J connectivity index is 2.51. The Kier molecular flexibility index (Phi) is 4.59. The van der Waals surface area contributed by atoms with Crippen molar-refractivity contribution in [2.75, 3.05) is 6.54 Å². The van der Waals surface area contributed by atoms with Crippen LogP contribution >= 0.6 is 0 Å². The molecule has 0 bridgehead atoms. The third-order valence-electron chi connectivity index (χ3n) is 3.63. The van der Waals surface area contributed by atoms with Gasteiger partial charge in [-0.1, -0.05) is 20.8 Å². The van der Waals surface area contributed by atoms with Crippen LogP contribution in [-0.4, -0.2) is 11.5 Å². The van der Waals surface area contributed by atoms with Gasteiger partial charge in [-0.25, -0.2) is 4.39 Å². The number of rotatable bonds is 6. The predicted octanol–water partition coefficient (Wildman–Crippen LogP) is 4.32. The van der Waals surface area contributed by atoms with Crippen LogP contribution in [0.15, 0.2) is 18.2 Å². The van der Waals surface area contributed by atoms with E-state index >= 15 is 0 Å². The summed E-state index contributed by atoms with van der Waals surface area (Å²) in [6.45, 7) is 7.46. The molecule has 0 aliphatic carbocycles. The minimum atomic E-state index is -0.166. The SMILES string of the molecule is CCCNC(CC)c1c(CC)[nH]c2ccc(F)cc12. The smallest absolute Gasteiger partial charge is 0.123 e. The van der Waals surface area contributed by atoms with Crippen molar-refractivity contribution in [1.29, 1.82) is 0 Å². The Morgan fingerprint density at radius 2 is 2.05 bits per heavy atom. The largest absolute Gasteiger partial charge is 0.358 e. The van der Waals surface area contributed by atoms with Crippen LogP contribution in [-0.2, 0) is 6.42 Å². The number of hydrogen-bond acceptors (Lipinski definition) is 1. The number of benzene rings is 1. The van der Waals surface area contributed by atoms with Crippen molar-refractivity contribution in [3.63, 3.8) is 0 Å². The fourth-order valence-electron chi connectivity index (χ4n) is 2.69. The maximum atomic E-state index is 13.5. The highest BCUT2D eigenvalue weighted by Crippen LogP contribution is 2.30. The molecule has 0 saturated carbocycles. The van der Waals surface area contributed by atoms with Crippen molar-refractivity contribution >= 4 is 10.9 Å². The predicted molar refractivity (Wildman–Crippen MR) is 79.0 cm³/mol. The summed E-state index contributed by atoms with van der Waals surface area (Å²) in [6.07, 6.45) is 3.06. The number of aromatic nitrogens is 1. The average Bonchev–Trinajstić information content (AvgIpc) is 2.78. The van der Waals surface area contributed by atoms with Crippen molar-refractivity contribution in [3.8, 4) is 0 Å². The summed E-state index contributed by atoms with van der Waals surface area (Å²) in [5.41, 5.74) is 3.49. The van der Waals surface area contributed by atoms with Crippen LogP contribution in [0.5, 0.6) is 0 Å². The molecule has 1 aromatic heterocycles. The van der Waals surface area contributed by atoms with Gasteiger partial charge in [-0.05, 0) is 49.6 Å². The second-order valence-electron chi connectivity index (χ2n) is 4.98. The molecule has 2 aromatic rings. The number of nitrogens with one attached hydrogen (secondary N) is 2. The first-order chi connectivity index (χ1) is 9.21. The van der Waals surface area contributed by atoms with Crippen LogP contribution in [0.25, 0.3) is 10.9 Å². The van der Waals surface area contributed by atoms with Crippen LogP contribution < -0.4 is 5.32 Å².